The van der Waals surface area contributed by atoms with Crippen molar-refractivity contribution in [2.24, 2.45) is 11.8 Å². The third-order valence-electron chi connectivity index (χ3n) is 9.82. The first-order valence-electron chi connectivity index (χ1n) is 15.1. The number of aliphatic hydroxyl groups excluding tert-OH is 11. The summed E-state index contributed by atoms with van der Waals surface area (Å²) in [5.41, 5.74) is 0. The smallest absolute Gasteiger partial charge is 0.187 e. The lowest BCUT2D eigenvalue weighted by Gasteiger charge is -2.48. The monoisotopic (exact) mass is 627 g/mol. The van der Waals surface area contributed by atoms with E-state index in [-0.39, 0.29) is 37.2 Å². The molecule has 9 unspecified atom stereocenters. The first-order valence-corrected chi connectivity index (χ1v) is 15.1. The van der Waals surface area contributed by atoms with Gasteiger partial charge in [-0.15, -0.1) is 0 Å². The lowest BCUT2D eigenvalue weighted by atomic mass is 9.72. The lowest BCUT2D eigenvalue weighted by Crippen LogP contribution is -2.63. The van der Waals surface area contributed by atoms with E-state index in [9.17, 15) is 56.2 Å². The summed E-state index contributed by atoms with van der Waals surface area (Å²) in [6, 6.07) is 0. The summed E-state index contributed by atoms with van der Waals surface area (Å²) >= 11 is 0. The zero-order valence-electron chi connectivity index (χ0n) is 23.6. The molecule has 0 bridgehead atoms. The molecule has 5 fully saturated rings. The van der Waals surface area contributed by atoms with Crippen molar-refractivity contribution in [1.29, 1.82) is 0 Å². The SMILES string of the molecule is OC[C@H]1O[C@H](OC[C@@H]2O[C@@H](OC3CC4C(O)CC(O)CC4[OH+]C3C3CCC(O)C(O)C3)[C@@H](O)[C@H](O)[C@@H]2O)[C@H](O)[C@H](O)[C@H]1O. The Kier molecular flexibility index (Phi) is 11.0. The molecule has 250 valence electrons. The zero-order valence-corrected chi connectivity index (χ0v) is 23.6. The minimum Gasteiger partial charge on any atom is -0.427 e. The highest BCUT2D eigenvalue weighted by Gasteiger charge is 2.55. The Hall–Kier alpha value is -0.640. The van der Waals surface area contributed by atoms with Gasteiger partial charge < -0.3 is 79.9 Å². The third-order valence-corrected chi connectivity index (χ3v) is 9.82. The normalized spacial score (nSPS) is 54.6. The number of fused-ring (bicyclic) bond motifs is 1. The highest BCUT2D eigenvalue weighted by atomic mass is 16.7. The molecule has 0 amide bonds. The molecule has 0 spiro atoms. The van der Waals surface area contributed by atoms with Crippen LogP contribution in [0.1, 0.15) is 38.5 Å². The number of hydrogen-bond acceptors (Lipinski definition) is 15. The number of ether oxygens (including phenoxy) is 5. The lowest BCUT2D eigenvalue weighted by molar-refractivity contribution is -0.362. The van der Waals surface area contributed by atoms with Gasteiger partial charge in [0.2, 0.25) is 0 Å². The molecule has 43 heavy (non-hydrogen) atoms. The van der Waals surface area contributed by atoms with E-state index in [1.807, 2.05) is 0 Å². The summed E-state index contributed by atoms with van der Waals surface area (Å²) in [5, 5.41) is 113. The molecule has 3 aliphatic heterocycles. The van der Waals surface area contributed by atoms with Gasteiger partial charge in [-0.25, -0.2) is 0 Å². The highest BCUT2D eigenvalue weighted by Crippen LogP contribution is 2.42. The molecule has 3 heterocycles. The molecule has 0 aromatic carbocycles. The van der Waals surface area contributed by atoms with Crippen LogP contribution in [0.15, 0.2) is 0 Å². The van der Waals surface area contributed by atoms with E-state index in [0.717, 1.165) is 0 Å². The van der Waals surface area contributed by atoms with Crippen molar-refractivity contribution < 1.29 is 79.9 Å². The molecule has 0 aromatic heterocycles. The highest BCUT2D eigenvalue weighted by molar-refractivity contribution is 4.98. The first kappa shape index (κ1) is 33.7. The topological polar surface area (TPSA) is 272 Å². The Balaban J connectivity index is 1.29. The van der Waals surface area contributed by atoms with Gasteiger partial charge >= 0.3 is 0 Å². The number of hydrogen-bond donors (Lipinski definition) is 11. The van der Waals surface area contributed by atoms with E-state index in [1.165, 1.54) is 0 Å². The van der Waals surface area contributed by atoms with E-state index >= 15 is 0 Å². The molecule has 2 aliphatic carbocycles. The van der Waals surface area contributed by atoms with Crippen LogP contribution in [0.25, 0.3) is 0 Å². The van der Waals surface area contributed by atoms with Crippen LogP contribution in [-0.4, -0.2) is 178 Å². The summed E-state index contributed by atoms with van der Waals surface area (Å²) in [6.45, 7) is -1.19. The Bertz CT molecular complexity index is 897. The maximum atomic E-state index is 10.8. The van der Waals surface area contributed by atoms with Gasteiger partial charge in [-0.3, -0.25) is 0 Å². The van der Waals surface area contributed by atoms with E-state index < -0.39 is 111 Å². The van der Waals surface area contributed by atoms with Crippen LogP contribution in [0.5, 0.6) is 0 Å². The van der Waals surface area contributed by atoms with E-state index in [1.54, 1.807) is 0 Å². The predicted molar refractivity (Wildman–Crippen MR) is 140 cm³/mol. The second-order valence-electron chi connectivity index (χ2n) is 12.7. The van der Waals surface area contributed by atoms with Gasteiger partial charge in [0, 0.05) is 18.8 Å². The van der Waals surface area contributed by atoms with E-state index in [0.29, 0.717) is 19.3 Å². The third kappa shape index (κ3) is 7.05. The minimum atomic E-state index is -1.74. The van der Waals surface area contributed by atoms with Crippen molar-refractivity contribution in [3.8, 4) is 0 Å². The van der Waals surface area contributed by atoms with Crippen molar-refractivity contribution in [1.82, 2.24) is 0 Å². The quantitative estimate of drug-likeness (QED) is 0.117. The van der Waals surface area contributed by atoms with Crippen molar-refractivity contribution in [2.75, 3.05) is 13.2 Å². The fourth-order valence-corrected chi connectivity index (χ4v) is 7.24. The summed E-state index contributed by atoms with van der Waals surface area (Å²) < 4.78 is 27.8. The second kappa shape index (κ2) is 14.0. The average molecular weight is 628 g/mol. The fraction of sp³-hybridized carbons (Fsp3) is 1.00. The van der Waals surface area contributed by atoms with E-state index in [2.05, 4.69) is 0 Å². The van der Waals surface area contributed by atoms with Crippen LogP contribution in [0.2, 0.25) is 0 Å². The summed E-state index contributed by atoms with van der Waals surface area (Å²) in [6.07, 6.45) is -18.8. The van der Waals surface area contributed by atoms with Gasteiger partial charge in [-0.1, -0.05) is 0 Å². The first-order chi connectivity index (χ1) is 20.4. The van der Waals surface area contributed by atoms with Crippen molar-refractivity contribution >= 4 is 0 Å². The molecule has 16 nitrogen and oxygen atoms in total. The average Bonchev–Trinajstić information content (AvgIpc) is 2.97. The van der Waals surface area contributed by atoms with Gasteiger partial charge in [0.05, 0.1) is 43.5 Å². The molecule has 3 saturated heterocycles. The Morgan fingerprint density at radius 2 is 1.28 bits per heavy atom. The molecule has 5 aliphatic rings. The largest absolute Gasteiger partial charge is 0.427 e. The summed E-state index contributed by atoms with van der Waals surface area (Å²) in [7, 11) is 0. The molecule has 16 heteroatoms. The van der Waals surface area contributed by atoms with Crippen LogP contribution in [0.4, 0.5) is 0 Å². The van der Waals surface area contributed by atoms with Crippen LogP contribution < -0.4 is 0 Å². The number of rotatable bonds is 7. The summed E-state index contributed by atoms with van der Waals surface area (Å²) in [4.78, 5) is 0. The van der Waals surface area contributed by atoms with Crippen LogP contribution in [0, 0.1) is 11.8 Å². The van der Waals surface area contributed by atoms with Gasteiger partial charge in [-0.2, -0.15) is 0 Å². The Morgan fingerprint density at radius 3 is 1.95 bits per heavy atom. The van der Waals surface area contributed by atoms with Gasteiger partial charge in [0.1, 0.15) is 54.9 Å². The molecule has 12 N–H and O–H groups in total. The van der Waals surface area contributed by atoms with Crippen LogP contribution in [0.3, 0.4) is 0 Å². The summed E-state index contributed by atoms with van der Waals surface area (Å²) in [5.74, 6) is -0.576. The van der Waals surface area contributed by atoms with Gasteiger partial charge in [-0.05, 0) is 25.7 Å². The maximum absolute atomic E-state index is 10.8. The van der Waals surface area contributed by atoms with Gasteiger partial charge in [0.15, 0.2) is 24.8 Å². The molecule has 2 saturated carbocycles. The van der Waals surface area contributed by atoms with Crippen molar-refractivity contribution in [2.45, 2.75) is 143 Å². The fourth-order valence-electron chi connectivity index (χ4n) is 7.24. The minimum absolute atomic E-state index is 0.174. The standard InChI is InChI=1S/C27H46O16/c28-7-17-19(33)21(35)23(37)26(42-17)39-8-18-20(34)22(36)24(38)27(43-18)41-16-6-11-13(31)4-10(29)5-15(11)40-25(16)9-1-2-12(30)14(32)3-9/h9-38H,1-8H2/p+1/t9?,10?,11?,12?,13?,14?,15?,16?,17-,18+,19+,20-,21-,22-,23-,24+,25?,26+,27-/m1/s1. The molecule has 5 rings (SSSR count). The number of aliphatic hydroxyl groups is 13. The molecule has 0 aromatic rings. The molecular formula is C27H47O16+. The van der Waals surface area contributed by atoms with Crippen molar-refractivity contribution in [3.63, 3.8) is 0 Å². The Labute approximate surface area is 248 Å². The van der Waals surface area contributed by atoms with E-state index in [4.69, 9.17) is 23.7 Å². The molecule has 19 atom stereocenters. The predicted octanol–water partition coefficient (Wildman–Crippen LogP) is -5.68. The van der Waals surface area contributed by atoms with Crippen LogP contribution >= 0.6 is 0 Å². The van der Waals surface area contributed by atoms with Crippen molar-refractivity contribution in [3.05, 3.63) is 0 Å². The van der Waals surface area contributed by atoms with Gasteiger partial charge in [0.25, 0.3) is 0 Å². The Morgan fingerprint density at radius 1 is 0.628 bits per heavy atom. The zero-order chi connectivity index (χ0) is 31.2. The second-order valence-corrected chi connectivity index (χ2v) is 12.7. The molecule has 0 radical (unpaired) electrons. The maximum Gasteiger partial charge on any atom is 0.187 e. The molecular weight excluding hydrogens is 580 g/mol. The van der Waals surface area contributed by atoms with Crippen LogP contribution in [-0.2, 0) is 18.9 Å².